The maximum Gasteiger partial charge on any atom is 0.0991 e. The van der Waals surface area contributed by atoms with Gasteiger partial charge < -0.3 is 0 Å². The number of pyridine rings is 1. The molecule has 0 radical (unpaired) electrons. The average molecular weight is 770 g/mol. The standard InChI is InChI=1S/C15H18.C14H17N.C12H15N.C11H15Cl.CH4/c1-11-9-12-7-5-6-8-13(12)10-14(11)15(2,3)4;1-10-8-13-11(6-5-7-15-13)9-12(10)14(2,3)4;1-9-7-10(8-13)5-6-11(9)12(2,3)4;1-8-7-9(12)5-6-10(8)11(2,3)4;/h5-10H,1-4H3;5-9H,1-4H3;5-7H,1-4H3;5-7H,1-4H3;1H4. The molecule has 5 aromatic carbocycles. The van der Waals surface area contributed by atoms with E-state index in [2.05, 4.69) is 182 Å². The normalized spacial score (nSPS) is 11.5. The Kier molecular flexibility index (Phi) is 16.3. The Morgan fingerprint density at radius 1 is 0.464 bits per heavy atom. The smallest absolute Gasteiger partial charge is 0.0991 e. The van der Waals surface area contributed by atoms with Crippen LogP contribution < -0.4 is 0 Å². The van der Waals surface area contributed by atoms with E-state index >= 15 is 0 Å². The molecule has 1 heterocycles. The number of rotatable bonds is 0. The van der Waals surface area contributed by atoms with Gasteiger partial charge in [0, 0.05) is 16.6 Å². The van der Waals surface area contributed by atoms with Crippen LogP contribution in [0.5, 0.6) is 0 Å². The van der Waals surface area contributed by atoms with Crippen molar-refractivity contribution < 1.29 is 0 Å². The number of aromatic nitrogens is 1. The SMILES string of the molecule is C.Cc1cc(C#N)ccc1C(C)(C)C.Cc1cc(Cl)ccc1C(C)(C)C.Cc1cc2ccccc2cc1C(C)(C)C.Cc1cc2ncccc2cc1C(C)(C)C. The highest BCUT2D eigenvalue weighted by molar-refractivity contribution is 6.30. The molecule has 0 amide bonds. The first-order valence-electron chi connectivity index (χ1n) is 19.5. The van der Waals surface area contributed by atoms with Gasteiger partial charge in [-0.05, 0) is 147 Å². The summed E-state index contributed by atoms with van der Waals surface area (Å²) in [4.78, 5) is 4.37. The highest BCUT2D eigenvalue weighted by Crippen LogP contribution is 2.31. The fourth-order valence-corrected chi connectivity index (χ4v) is 7.46. The van der Waals surface area contributed by atoms with E-state index in [9.17, 15) is 0 Å². The molecule has 298 valence electrons. The third kappa shape index (κ3) is 13.3. The first kappa shape index (κ1) is 47.7. The Bertz CT molecular complexity index is 2160. The Labute approximate surface area is 346 Å². The van der Waals surface area contributed by atoms with Crippen LogP contribution in [0.3, 0.4) is 0 Å². The van der Waals surface area contributed by atoms with Crippen LogP contribution in [0, 0.1) is 39.0 Å². The van der Waals surface area contributed by atoms with Gasteiger partial charge in [-0.15, -0.1) is 0 Å². The summed E-state index contributed by atoms with van der Waals surface area (Å²) in [6, 6.07) is 35.8. The van der Waals surface area contributed by atoms with E-state index < -0.39 is 0 Å². The lowest BCUT2D eigenvalue weighted by Gasteiger charge is -2.22. The third-order valence-corrected chi connectivity index (χ3v) is 10.1. The Morgan fingerprint density at radius 3 is 1.34 bits per heavy atom. The van der Waals surface area contributed by atoms with Crippen LogP contribution in [0.2, 0.25) is 5.02 Å². The van der Waals surface area contributed by atoms with Crippen LogP contribution in [0.1, 0.15) is 141 Å². The monoisotopic (exact) mass is 769 g/mol. The molecule has 56 heavy (non-hydrogen) atoms. The average Bonchev–Trinajstić information content (AvgIpc) is 3.06. The van der Waals surface area contributed by atoms with E-state index in [1.54, 1.807) is 0 Å². The molecule has 0 saturated carbocycles. The Hall–Kier alpha value is -4.45. The van der Waals surface area contributed by atoms with Gasteiger partial charge in [0.05, 0.1) is 17.1 Å². The van der Waals surface area contributed by atoms with Gasteiger partial charge in [0.1, 0.15) is 0 Å². The topological polar surface area (TPSA) is 36.7 Å². The summed E-state index contributed by atoms with van der Waals surface area (Å²) in [7, 11) is 0. The lowest BCUT2D eigenvalue weighted by atomic mass is 9.83. The predicted molar refractivity (Wildman–Crippen MR) is 249 cm³/mol. The van der Waals surface area contributed by atoms with Crippen LogP contribution in [0.15, 0.2) is 103 Å². The molecule has 0 aliphatic carbocycles. The number of aryl methyl sites for hydroxylation is 4. The molecular weight excluding hydrogens is 700 g/mol. The van der Waals surface area contributed by atoms with Gasteiger partial charge in [0.15, 0.2) is 0 Å². The highest BCUT2D eigenvalue weighted by Gasteiger charge is 2.19. The van der Waals surface area contributed by atoms with Gasteiger partial charge >= 0.3 is 0 Å². The number of nitriles is 1. The number of fused-ring (bicyclic) bond motifs is 2. The van der Waals surface area contributed by atoms with Crippen molar-refractivity contribution in [2.24, 2.45) is 0 Å². The zero-order valence-electron chi connectivity index (χ0n) is 36.6. The predicted octanol–water partition coefficient (Wildman–Crippen LogP) is 16.0. The largest absolute Gasteiger partial charge is 0.256 e. The van der Waals surface area contributed by atoms with Gasteiger partial charge in [0.25, 0.3) is 0 Å². The molecule has 0 aliphatic heterocycles. The van der Waals surface area contributed by atoms with Gasteiger partial charge in [-0.1, -0.05) is 157 Å². The summed E-state index contributed by atoms with van der Waals surface area (Å²) in [6.45, 7) is 35.3. The van der Waals surface area contributed by atoms with Crippen LogP contribution in [0.25, 0.3) is 21.7 Å². The van der Waals surface area contributed by atoms with Crippen molar-refractivity contribution >= 4 is 33.3 Å². The minimum Gasteiger partial charge on any atom is -0.256 e. The maximum atomic E-state index is 8.71. The minimum absolute atomic E-state index is 0. The van der Waals surface area contributed by atoms with Gasteiger partial charge in [-0.3, -0.25) is 4.98 Å². The molecule has 0 bridgehead atoms. The molecule has 0 fully saturated rings. The van der Waals surface area contributed by atoms with Crippen molar-refractivity contribution in [1.82, 2.24) is 4.98 Å². The number of benzene rings is 5. The summed E-state index contributed by atoms with van der Waals surface area (Å²) in [5.74, 6) is 0. The molecule has 0 aliphatic rings. The second kappa shape index (κ2) is 19.1. The Morgan fingerprint density at radius 2 is 0.875 bits per heavy atom. The molecule has 1 aromatic heterocycles. The van der Waals surface area contributed by atoms with Gasteiger partial charge in [-0.25, -0.2) is 0 Å². The Balaban J connectivity index is 0.000000258. The highest BCUT2D eigenvalue weighted by atomic mass is 35.5. The molecule has 0 atom stereocenters. The molecule has 3 heteroatoms. The molecule has 0 unspecified atom stereocenters. The number of hydrogen-bond donors (Lipinski definition) is 0. The quantitative estimate of drug-likeness (QED) is 0.154. The molecule has 0 spiro atoms. The summed E-state index contributed by atoms with van der Waals surface area (Å²) in [5.41, 5.74) is 13.4. The third-order valence-electron chi connectivity index (χ3n) is 9.82. The van der Waals surface area contributed by atoms with Crippen molar-refractivity contribution in [3.05, 3.63) is 158 Å². The van der Waals surface area contributed by atoms with Crippen molar-refractivity contribution in [2.75, 3.05) is 0 Å². The minimum atomic E-state index is 0. The first-order chi connectivity index (χ1) is 25.3. The maximum absolute atomic E-state index is 8.71. The van der Waals surface area contributed by atoms with Crippen molar-refractivity contribution in [1.29, 1.82) is 5.26 Å². The molecular formula is C53H69ClN2. The molecule has 6 aromatic rings. The lowest BCUT2D eigenvalue weighted by Crippen LogP contribution is -2.12. The van der Waals surface area contributed by atoms with Crippen LogP contribution in [-0.2, 0) is 21.7 Å². The summed E-state index contributed by atoms with van der Waals surface area (Å²) >= 11 is 5.87. The van der Waals surface area contributed by atoms with Crippen LogP contribution >= 0.6 is 11.6 Å². The molecule has 0 N–H and O–H groups in total. The summed E-state index contributed by atoms with van der Waals surface area (Å²) in [6.07, 6.45) is 1.85. The van der Waals surface area contributed by atoms with Gasteiger partial charge in [0.2, 0.25) is 0 Å². The number of nitrogens with zero attached hydrogens (tertiary/aromatic N) is 2. The zero-order valence-corrected chi connectivity index (χ0v) is 37.3. The molecule has 6 rings (SSSR count). The van der Waals surface area contributed by atoms with Crippen molar-refractivity contribution in [3.63, 3.8) is 0 Å². The fraction of sp³-hybridized carbons (Fsp3) is 0.396. The van der Waals surface area contributed by atoms with Gasteiger partial charge in [-0.2, -0.15) is 5.26 Å². The van der Waals surface area contributed by atoms with E-state index in [1.165, 1.54) is 60.7 Å². The second-order valence-electron chi connectivity index (χ2n) is 19.0. The molecule has 2 nitrogen and oxygen atoms in total. The van der Waals surface area contributed by atoms with Crippen LogP contribution in [-0.4, -0.2) is 4.98 Å². The van der Waals surface area contributed by atoms with Crippen molar-refractivity contribution in [3.8, 4) is 6.07 Å². The first-order valence-corrected chi connectivity index (χ1v) is 19.8. The van der Waals surface area contributed by atoms with E-state index in [4.69, 9.17) is 16.9 Å². The number of halogens is 1. The van der Waals surface area contributed by atoms with E-state index in [1.807, 2.05) is 42.6 Å². The zero-order chi connectivity index (χ0) is 41.5. The fourth-order valence-electron chi connectivity index (χ4n) is 7.24. The van der Waals surface area contributed by atoms with Crippen molar-refractivity contribution in [2.45, 2.75) is 140 Å². The van der Waals surface area contributed by atoms with E-state index in [-0.39, 0.29) is 29.1 Å². The molecule has 0 saturated heterocycles. The summed E-state index contributed by atoms with van der Waals surface area (Å²) in [5, 5.41) is 13.4. The van der Waals surface area contributed by atoms with E-state index in [0.717, 1.165) is 16.1 Å². The second-order valence-corrected chi connectivity index (χ2v) is 19.4. The number of hydrogen-bond acceptors (Lipinski definition) is 2. The van der Waals surface area contributed by atoms with E-state index in [0.29, 0.717) is 0 Å². The lowest BCUT2D eigenvalue weighted by molar-refractivity contribution is 0.586. The van der Waals surface area contributed by atoms with Crippen LogP contribution in [0.4, 0.5) is 0 Å². The summed E-state index contributed by atoms with van der Waals surface area (Å²) < 4.78 is 0.